The molecular formula is C45H28N4O. The molecule has 0 radical (unpaired) electrons. The second kappa shape index (κ2) is 11.4. The average Bonchev–Trinajstić information content (AvgIpc) is 3.72. The minimum Gasteiger partial charge on any atom is -0.454 e. The molecule has 0 aliphatic carbocycles. The highest BCUT2D eigenvalue weighted by Gasteiger charge is 2.21. The van der Waals surface area contributed by atoms with Crippen molar-refractivity contribution in [3.05, 3.63) is 170 Å². The second-order valence-electron chi connectivity index (χ2n) is 12.5. The van der Waals surface area contributed by atoms with Crippen molar-refractivity contribution in [3.63, 3.8) is 0 Å². The summed E-state index contributed by atoms with van der Waals surface area (Å²) in [6.45, 7) is 0. The molecule has 5 heteroatoms. The fourth-order valence-electron chi connectivity index (χ4n) is 7.01. The maximum Gasteiger partial charge on any atom is 0.164 e. The van der Waals surface area contributed by atoms with E-state index >= 15 is 0 Å². The van der Waals surface area contributed by atoms with E-state index in [1.807, 2.05) is 60.7 Å². The van der Waals surface area contributed by atoms with E-state index in [-0.39, 0.29) is 0 Å². The van der Waals surface area contributed by atoms with E-state index in [0.717, 1.165) is 60.9 Å². The van der Waals surface area contributed by atoms with E-state index in [9.17, 15) is 0 Å². The molecule has 0 fully saturated rings. The summed E-state index contributed by atoms with van der Waals surface area (Å²) >= 11 is 0. The van der Waals surface area contributed by atoms with E-state index in [0.29, 0.717) is 17.5 Å². The second-order valence-corrected chi connectivity index (χ2v) is 12.5. The Labute approximate surface area is 287 Å². The number of nitrogens with zero attached hydrogens (tertiary/aromatic N) is 4. The van der Waals surface area contributed by atoms with Crippen molar-refractivity contribution in [2.75, 3.05) is 0 Å². The third-order valence-electron chi connectivity index (χ3n) is 9.42. The van der Waals surface area contributed by atoms with Gasteiger partial charge in [0.25, 0.3) is 0 Å². The molecule has 7 aromatic carbocycles. The van der Waals surface area contributed by atoms with Crippen LogP contribution in [0.15, 0.2) is 174 Å². The van der Waals surface area contributed by atoms with Gasteiger partial charge in [0.1, 0.15) is 11.1 Å². The molecule has 0 saturated carbocycles. The number of hydrogen-bond acceptors (Lipinski definition) is 4. The molecule has 10 rings (SSSR count). The monoisotopic (exact) mass is 640 g/mol. The molecule has 0 atom stereocenters. The molecule has 0 aliphatic rings. The van der Waals surface area contributed by atoms with Crippen LogP contribution in [0.25, 0.3) is 94.7 Å². The standard InChI is InChI=1S/C45H28N4O/c1-3-13-30(14-4-1)43-46-44(31-15-5-2-6-16-31)48-45(47-43)35-18-11-19-36(27-35)49-39-21-10-9-20-37(39)42-41(49)38-28-34(24-25-40(38)50-42)33-23-22-29-12-7-8-17-32(29)26-33/h1-28H. The van der Waals surface area contributed by atoms with Crippen LogP contribution in [-0.4, -0.2) is 19.5 Å². The van der Waals surface area contributed by atoms with Crippen LogP contribution in [0.3, 0.4) is 0 Å². The third-order valence-corrected chi connectivity index (χ3v) is 9.42. The quantitative estimate of drug-likeness (QED) is 0.188. The van der Waals surface area contributed by atoms with E-state index < -0.39 is 0 Å². The van der Waals surface area contributed by atoms with Crippen LogP contribution >= 0.6 is 0 Å². The Hall–Kier alpha value is -6.85. The highest BCUT2D eigenvalue weighted by molar-refractivity contribution is 6.17. The predicted molar refractivity (Wildman–Crippen MR) is 203 cm³/mol. The van der Waals surface area contributed by atoms with Crippen molar-refractivity contribution in [1.29, 1.82) is 0 Å². The van der Waals surface area contributed by atoms with Gasteiger partial charge in [0.15, 0.2) is 23.1 Å². The van der Waals surface area contributed by atoms with E-state index in [1.165, 1.54) is 16.3 Å². The summed E-state index contributed by atoms with van der Waals surface area (Å²) in [7, 11) is 0. The van der Waals surface area contributed by atoms with E-state index in [1.54, 1.807) is 0 Å². The predicted octanol–water partition coefficient (Wildman–Crippen LogP) is 11.5. The summed E-state index contributed by atoms with van der Waals surface area (Å²) in [5.41, 5.74) is 9.91. The van der Waals surface area contributed by atoms with Crippen molar-refractivity contribution in [1.82, 2.24) is 19.5 Å². The molecule has 234 valence electrons. The Morgan fingerprint density at radius 1 is 0.400 bits per heavy atom. The SMILES string of the molecule is c1ccc(-c2nc(-c3ccccc3)nc(-c3cccc(-n4c5ccccc5c5oc6ccc(-c7ccc8ccccc8c7)cc6c54)c3)n2)cc1. The Morgan fingerprint density at radius 3 is 1.76 bits per heavy atom. The summed E-state index contributed by atoms with van der Waals surface area (Å²) in [6.07, 6.45) is 0. The van der Waals surface area contributed by atoms with Gasteiger partial charge >= 0.3 is 0 Å². The largest absolute Gasteiger partial charge is 0.454 e. The maximum absolute atomic E-state index is 6.62. The molecule has 0 N–H and O–H groups in total. The number of rotatable bonds is 5. The normalized spacial score (nSPS) is 11.6. The number of furan rings is 1. The lowest BCUT2D eigenvalue weighted by atomic mass is 10.0. The van der Waals surface area contributed by atoms with Crippen molar-refractivity contribution in [2.24, 2.45) is 0 Å². The fraction of sp³-hybridized carbons (Fsp3) is 0. The summed E-state index contributed by atoms with van der Waals surface area (Å²) in [5.74, 6) is 1.88. The molecule has 0 unspecified atom stereocenters. The lowest BCUT2D eigenvalue weighted by Gasteiger charge is -2.11. The number of benzene rings is 7. The van der Waals surface area contributed by atoms with Crippen molar-refractivity contribution >= 4 is 43.7 Å². The first kappa shape index (κ1) is 28.2. The minimum atomic E-state index is 0.614. The number of fused-ring (bicyclic) bond motifs is 6. The van der Waals surface area contributed by atoms with Gasteiger partial charge in [0.2, 0.25) is 0 Å². The molecular weight excluding hydrogens is 613 g/mol. The number of hydrogen-bond donors (Lipinski definition) is 0. The van der Waals surface area contributed by atoms with Crippen molar-refractivity contribution < 1.29 is 4.42 Å². The van der Waals surface area contributed by atoms with Gasteiger partial charge in [-0.15, -0.1) is 0 Å². The zero-order valence-electron chi connectivity index (χ0n) is 26.9. The number of aromatic nitrogens is 4. The molecule has 3 aromatic heterocycles. The highest BCUT2D eigenvalue weighted by Crippen LogP contribution is 2.41. The first-order valence-electron chi connectivity index (χ1n) is 16.7. The fourth-order valence-corrected chi connectivity index (χ4v) is 7.01. The summed E-state index contributed by atoms with van der Waals surface area (Å²) in [4.78, 5) is 14.9. The van der Waals surface area contributed by atoms with Gasteiger partial charge < -0.3 is 8.98 Å². The van der Waals surface area contributed by atoms with Crippen LogP contribution in [0.5, 0.6) is 0 Å². The molecule has 10 aromatic rings. The van der Waals surface area contributed by atoms with Crippen LogP contribution in [0.4, 0.5) is 0 Å². The van der Waals surface area contributed by atoms with Gasteiger partial charge in [-0.25, -0.2) is 15.0 Å². The molecule has 0 bridgehead atoms. The van der Waals surface area contributed by atoms with Crippen LogP contribution < -0.4 is 0 Å². The van der Waals surface area contributed by atoms with E-state index in [2.05, 4.69) is 114 Å². The first-order valence-corrected chi connectivity index (χ1v) is 16.7. The zero-order valence-corrected chi connectivity index (χ0v) is 26.9. The van der Waals surface area contributed by atoms with Crippen LogP contribution in [-0.2, 0) is 0 Å². The Bertz CT molecular complexity index is 2810. The average molecular weight is 641 g/mol. The lowest BCUT2D eigenvalue weighted by Crippen LogP contribution is -2.01. The third kappa shape index (κ3) is 4.67. The molecule has 0 spiro atoms. The zero-order chi connectivity index (χ0) is 33.0. The summed E-state index contributed by atoms with van der Waals surface area (Å²) in [5, 5.41) is 4.57. The van der Waals surface area contributed by atoms with Crippen molar-refractivity contribution in [2.45, 2.75) is 0 Å². The smallest absolute Gasteiger partial charge is 0.164 e. The van der Waals surface area contributed by atoms with Gasteiger partial charge in [-0.2, -0.15) is 0 Å². The molecule has 5 nitrogen and oxygen atoms in total. The Balaban J connectivity index is 1.17. The van der Waals surface area contributed by atoms with Crippen LogP contribution in [0.2, 0.25) is 0 Å². The molecule has 0 saturated heterocycles. The summed E-state index contributed by atoms with van der Waals surface area (Å²) < 4.78 is 8.93. The van der Waals surface area contributed by atoms with Gasteiger partial charge in [-0.1, -0.05) is 127 Å². The van der Waals surface area contributed by atoms with Crippen LogP contribution in [0.1, 0.15) is 0 Å². The first-order chi connectivity index (χ1) is 24.8. The Morgan fingerprint density at radius 2 is 1.00 bits per heavy atom. The van der Waals surface area contributed by atoms with Gasteiger partial charge in [-0.3, -0.25) is 0 Å². The minimum absolute atomic E-state index is 0.614. The molecule has 0 amide bonds. The molecule has 50 heavy (non-hydrogen) atoms. The van der Waals surface area contributed by atoms with Gasteiger partial charge in [0, 0.05) is 33.2 Å². The van der Waals surface area contributed by atoms with E-state index in [4.69, 9.17) is 19.4 Å². The molecule has 0 aliphatic heterocycles. The molecule has 3 heterocycles. The number of para-hydroxylation sites is 1. The van der Waals surface area contributed by atoms with Crippen LogP contribution in [0, 0.1) is 0 Å². The van der Waals surface area contributed by atoms with Gasteiger partial charge in [0.05, 0.1) is 5.52 Å². The maximum atomic E-state index is 6.62. The summed E-state index contributed by atoms with van der Waals surface area (Å²) in [6, 6.07) is 58.6. The topological polar surface area (TPSA) is 56.7 Å². The van der Waals surface area contributed by atoms with Gasteiger partial charge in [-0.05, 0) is 64.4 Å². The Kier molecular flexibility index (Phi) is 6.42. The lowest BCUT2D eigenvalue weighted by molar-refractivity contribution is 0.673. The highest BCUT2D eigenvalue weighted by atomic mass is 16.3. The van der Waals surface area contributed by atoms with Crippen molar-refractivity contribution in [3.8, 4) is 51.0 Å².